The van der Waals surface area contributed by atoms with E-state index >= 15 is 0 Å². The molecule has 0 aliphatic rings. The first-order chi connectivity index (χ1) is 6.94. The van der Waals surface area contributed by atoms with E-state index in [0.29, 0.717) is 0 Å². The number of hydrogen-bond acceptors (Lipinski definition) is 1. The molecule has 0 atom stereocenters. The second kappa shape index (κ2) is 8.46. The van der Waals surface area contributed by atoms with Crippen LogP contribution in [-0.2, 0) is 0 Å². The van der Waals surface area contributed by atoms with Crippen molar-refractivity contribution in [1.82, 2.24) is 0 Å². The Balaban J connectivity index is 0. The van der Waals surface area contributed by atoms with Crippen molar-refractivity contribution in [1.29, 1.82) is 0 Å². The van der Waals surface area contributed by atoms with Gasteiger partial charge in [-0.2, -0.15) is 0 Å². The summed E-state index contributed by atoms with van der Waals surface area (Å²) in [5.74, 6) is 0. The van der Waals surface area contributed by atoms with Crippen LogP contribution >= 0.6 is 0 Å². The van der Waals surface area contributed by atoms with Crippen molar-refractivity contribution in [3.05, 3.63) is 23.9 Å². The van der Waals surface area contributed by atoms with Crippen LogP contribution in [0.1, 0.15) is 54.9 Å². The lowest BCUT2D eigenvalue weighted by atomic mass is 9.82. The third-order valence-electron chi connectivity index (χ3n) is 2.40. The summed E-state index contributed by atoms with van der Waals surface area (Å²) in [4.78, 5) is 4.22. The molecule has 0 aromatic heterocycles. The fraction of sp³-hybridized carbons (Fsp3) is 0.643. The third kappa shape index (κ3) is 7.12. The minimum atomic E-state index is 0.216. The van der Waals surface area contributed by atoms with Gasteiger partial charge in [0.2, 0.25) is 0 Å². The van der Waals surface area contributed by atoms with Crippen molar-refractivity contribution in [2.45, 2.75) is 54.9 Å². The molecule has 0 aromatic carbocycles. The average molecular weight is 209 g/mol. The Morgan fingerprint density at radius 1 is 1.33 bits per heavy atom. The lowest BCUT2D eigenvalue weighted by Crippen LogP contribution is -2.14. The van der Waals surface area contributed by atoms with Gasteiger partial charge in [0.15, 0.2) is 0 Å². The maximum atomic E-state index is 4.22. The van der Waals surface area contributed by atoms with Gasteiger partial charge in [0, 0.05) is 11.9 Å². The first-order valence-electron chi connectivity index (χ1n) is 5.80. The summed E-state index contributed by atoms with van der Waals surface area (Å²) in [6, 6.07) is 0. The van der Waals surface area contributed by atoms with Crippen LogP contribution in [0.3, 0.4) is 0 Å². The summed E-state index contributed by atoms with van der Waals surface area (Å²) in [6.07, 6.45) is 5.16. The Morgan fingerprint density at radius 3 is 2.07 bits per heavy atom. The number of hydrogen-bond donors (Lipinski definition) is 0. The molecule has 0 N–H and O–H groups in total. The molecular formula is C14H27N. The summed E-state index contributed by atoms with van der Waals surface area (Å²) in [5.41, 5.74) is 2.34. The van der Waals surface area contributed by atoms with E-state index in [9.17, 15) is 0 Å². The molecular weight excluding hydrogens is 182 g/mol. The van der Waals surface area contributed by atoms with Crippen LogP contribution in [0.25, 0.3) is 0 Å². The summed E-state index contributed by atoms with van der Waals surface area (Å²) in [6.45, 7) is 18.4. The molecule has 0 spiro atoms. The van der Waals surface area contributed by atoms with Crippen LogP contribution in [0.15, 0.2) is 28.9 Å². The minimum Gasteiger partial charge on any atom is -0.262 e. The zero-order valence-electron chi connectivity index (χ0n) is 11.5. The number of aliphatic imine (C=N–C) groups is 1. The quantitative estimate of drug-likeness (QED) is 0.578. The molecule has 1 heteroatoms. The predicted octanol–water partition coefficient (Wildman–Crippen LogP) is 5.00. The van der Waals surface area contributed by atoms with E-state index in [1.54, 1.807) is 0 Å². The second-order valence-electron chi connectivity index (χ2n) is 3.97. The Labute approximate surface area is 96.0 Å². The van der Waals surface area contributed by atoms with Gasteiger partial charge >= 0.3 is 0 Å². The van der Waals surface area contributed by atoms with Gasteiger partial charge in [0.05, 0.1) is 0 Å². The largest absolute Gasteiger partial charge is 0.262 e. The summed E-state index contributed by atoms with van der Waals surface area (Å²) >= 11 is 0. The monoisotopic (exact) mass is 209 g/mol. The summed E-state index contributed by atoms with van der Waals surface area (Å²) in [5, 5.41) is 0. The van der Waals surface area contributed by atoms with Crippen LogP contribution in [-0.4, -0.2) is 6.21 Å². The molecule has 0 fully saturated rings. The van der Waals surface area contributed by atoms with Crippen LogP contribution in [0.2, 0.25) is 0 Å². The van der Waals surface area contributed by atoms with E-state index in [0.717, 1.165) is 12.1 Å². The van der Waals surface area contributed by atoms with Gasteiger partial charge in [-0.15, -0.1) is 0 Å². The van der Waals surface area contributed by atoms with Crippen molar-refractivity contribution >= 4 is 6.21 Å². The molecule has 0 aromatic rings. The van der Waals surface area contributed by atoms with E-state index in [4.69, 9.17) is 0 Å². The standard InChI is InChI=1S/C12H21N.C2H6/c1-7-11(9-13-10(3)4)12(5,6)8-2;1-2/h7,9H,3,8H2,1-2,4-6H3;1-2H3/b11-7+,13-9?;. The zero-order valence-corrected chi connectivity index (χ0v) is 11.5. The van der Waals surface area contributed by atoms with Crippen LogP contribution < -0.4 is 0 Å². The molecule has 88 valence electrons. The molecule has 0 saturated heterocycles. The molecule has 0 aliphatic heterocycles. The molecule has 0 bridgehead atoms. The van der Waals surface area contributed by atoms with Gasteiger partial charge in [-0.25, -0.2) is 0 Å². The maximum absolute atomic E-state index is 4.22. The first kappa shape index (κ1) is 16.6. The van der Waals surface area contributed by atoms with Crippen molar-refractivity contribution in [3.8, 4) is 0 Å². The lowest BCUT2D eigenvalue weighted by molar-refractivity contribution is 0.447. The van der Waals surface area contributed by atoms with E-state index in [-0.39, 0.29) is 5.41 Å². The second-order valence-corrected chi connectivity index (χ2v) is 3.97. The summed E-state index contributed by atoms with van der Waals surface area (Å²) in [7, 11) is 0. The van der Waals surface area contributed by atoms with Gasteiger partial charge in [0.25, 0.3) is 0 Å². The molecule has 15 heavy (non-hydrogen) atoms. The molecule has 0 amide bonds. The maximum Gasteiger partial charge on any atom is 0.0304 e. The Bertz CT molecular complexity index is 232. The predicted molar refractivity (Wildman–Crippen MR) is 72.5 cm³/mol. The van der Waals surface area contributed by atoms with Gasteiger partial charge in [-0.1, -0.05) is 47.3 Å². The van der Waals surface area contributed by atoms with E-state index in [2.05, 4.69) is 45.3 Å². The number of allylic oxidation sites excluding steroid dienone is 3. The van der Waals surface area contributed by atoms with Crippen LogP contribution in [0.5, 0.6) is 0 Å². The molecule has 0 radical (unpaired) electrons. The SMILES string of the molecule is C=C(C)N=C/C(=C\C)C(C)(C)CC.CC. The normalized spacial score (nSPS) is 12.3. The highest BCUT2D eigenvalue weighted by Gasteiger charge is 2.18. The fourth-order valence-corrected chi connectivity index (χ4v) is 1.02. The van der Waals surface area contributed by atoms with Crippen molar-refractivity contribution in [2.75, 3.05) is 0 Å². The molecule has 1 nitrogen and oxygen atoms in total. The number of rotatable bonds is 4. The van der Waals surface area contributed by atoms with Gasteiger partial charge in [-0.3, -0.25) is 4.99 Å². The van der Waals surface area contributed by atoms with E-state index in [1.807, 2.05) is 27.0 Å². The fourth-order valence-electron chi connectivity index (χ4n) is 1.02. The molecule has 0 unspecified atom stereocenters. The van der Waals surface area contributed by atoms with E-state index in [1.165, 1.54) is 5.57 Å². The molecule has 0 aliphatic carbocycles. The van der Waals surface area contributed by atoms with Crippen molar-refractivity contribution in [2.24, 2.45) is 10.4 Å². The minimum absolute atomic E-state index is 0.216. The first-order valence-corrected chi connectivity index (χ1v) is 5.80. The average Bonchev–Trinajstić information content (AvgIpc) is 2.21. The Morgan fingerprint density at radius 2 is 1.80 bits per heavy atom. The summed E-state index contributed by atoms with van der Waals surface area (Å²) < 4.78 is 0. The highest BCUT2D eigenvalue weighted by molar-refractivity contribution is 5.80. The number of nitrogens with zero attached hydrogens (tertiary/aromatic N) is 1. The Kier molecular flexibility index (Phi) is 9.35. The highest BCUT2D eigenvalue weighted by atomic mass is 14.7. The molecule has 0 saturated carbocycles. The molecule has 0 heterocycles. The van der Waals surface area contributed by atoms with Crippen LogP contribution in [0.4, 0.5) is 0 Å². The zero-order chi connectivity index (χ0) is 12.5. The van der Waals surface area contributed by atoms with Gasteiger partial charge < -0.3 is 0 Å². The topological polar surface area (TPSA) is 12.4 Å². The van der Waals surface area contributed by atoms with Crippen molar-refractivity contribution < 1.29 is 0 Å². The van der Waals surface area contributed by atoms with Gasteiger partial charge in [0.1, 0.15) is 0 Å². The smallest absolute Gasteiger partial charge is 0.0304 e. The van der Waals surface area contributed by atoms with Gasteiger partial charge in [-0.05, 0) is 31.3 Å². The lowest BCUT2D eigenvalue weighted by Gasteiger charge is -2.23. The van der Waals surface area contributed by atoms with Crippen LogP contribution in [0, 0.1) is 5.41 Å². The Hall–Kier alpha value is -0.850. The molecule has 0 rings (SSSR count). The third-order valence-corrected chi connectivity index (χ3v) is 2.40. The highest BCUT2D eigenvalue weighted by Crippen LogP contribution is 2.28. The van der Waals surface area contributed by atoms with E-state index < -0.39 is 0 Å². The van der Waals surface area contributed by atoms with Crippen molar-refractivity contribution in [3.63, 3.8) is 0 Å².